The molecule has 0 saturated heterocycles. The standard InChI is InChI=1S/C19H21N3O/c1-3-19(23-16-9-7-13(2)8-10-16)18-12-17(21-22-18)14-5-4-6-15(20)11-14/h4-12,19H,3,20H2,1-2H3,(H,21,22). The Kier molecular flexibility index (Phi) is 4.33. The van der Waals surface area contributed by atoms with Crippen molar-refractivity contribution in [3.8, 4) is 17.0 Å². The summed E-state index contributed by atoms with van der Waals surface area (Å²) in [5.41, 5.74) is 10.6. The monoisotopic (exact) mass is 307 g/mol. The minimum atomic E-state index is -0.0555. The first kappa shape index (κ1) is 15.2. The van der Waals surface area contributed by atoms with Crippen molar-refractivity contribution in [2.24, 2.45) is 0 Å². The van der Waals surface area contributed by atoms with Crippen LogP contribution in [0.3, 0.4) is 0 Å². The minimum Gasteiger partial charge on any atom is -0.484 e. The Bertz CT molecular complexity index is 777. The van der Waals surface area contributed by atoms with E-state index in [0.717, 1.165) is 34.8 Å². The summed E-state index contributed by atoms with van der Waals surface area (Å²) in [4.78, 5) is 0. The fraction of sp³-hybridized carbons (Fsp3) is 0.211. The first-order valence-electron chi connectivity index (χ1n) is 7.80. The van der Waals surface area contributed by atoms with Gasteiger partial charge in [-0.1, -0.05) is 36.8 Å². The Morgan fingerprint density at radius 3 is 2.61 bits per heavy atom. The number of H-pyrrole nitrogens is 1. The Labute approximate surface area is 136 Å². The largest absolute Gasteiger partial charge is 0.484 e. The van der Waals surface area contributed by atoms with Gasteiger partial charge in [-0.2, -0.15) is 5.10 Å². The van der Waals surface area contributed by atoms with Gasteiger partial charge in [0.1, 0.15) is 11.9 Å². The highest BCUT2D eigenvalue weighted by Crippen LogP contribution is 2.27. The molecule has 1 heterocycles. The van der Waals surface area contributed by atoms with Crippen molar-refractivity contribution in [2.45, 2.75) is 26.4 Å². The summed E-state index contributed by atoms with van der Waals surface area (Å²) in [6.07, 6.45) is 0.798. The maximum Gasteiger partial charge on any atom is 0.140 e. The smallest absolute Gasteiger partial charge is 0.140 e. The number of aryl methyl sites for hydroxylation is 1. The molecular weight excluding hydrogens is 286 g/mol. The van der Waals surface area contributed by atoms with E-state index >= 15 is 0 Å². The molecule has 3 aromatic rings. The SMILES string of the molecule is CCC(Oc1ccc(C)cc1)c1cc(-c2cccc(N)c2)n[nH]1. The topological polar surface area (TPSA) is 63.9 Å². The quantitative estimate of drug-likeness (QED) is 0.682. The normalized spacial score (nSPS) is 12.1. The summed E-state index contributed by atoms with van der Waals surface area (Å²) < 4.78 is 6.08. The van der Waals surface area contributed by atoms with Crippen LogP contribution in [0.1, 0.15) is 30.7 Å². The second-order valence-electron chi connectivity index (χ2n) is 5.66. The van der Waals surface area contributed by atoms with Crippen LogP contribution in [0, 0.1) is 6.92 Å². The molecule has 0 aliphatic rings. The number of nitrogens with two attached hydrogens (primary N) is 1. The van der Waals surface area contributed by atoms with Gasteiger partial charge in [-0.05, 0) is 43.7 Å². The Hall–Kier alpha value is -2.75. The van der Waals surface area contributed by atoms with Crippen molar-refractivity contribution in [1.82, 2.24) is 10.2 Å². The molecule has 1 aromatic heterocycles. The molecule has 0 aliphatic heterocycles. The first-order valence-corrected chi connectivity index (χ1v) is 7.80. The van der Waals surface area contributed by atoms with Crippen LogP contribution in [0.15, 0.2) is 54.6 Å². The molecule has 0 bridgehead atoms. The highest BCUT2D eigenvalue weighted by molar-refractivity contribution is 5.64. The maximum absolute atomic E-state index is 6.08. The third kappa shape index (κ3) is 3.54. The van der Waals surface area contributed by atoms with E-state index in [9.17, 15) is 0 Å². The van der Waals surface area contributed by atoms with Crippen LogP contribution in [0.4, 0.5) is 5.69 Å². The van der Waals surface area contributed by atoms with Gasteiger partial charge in [0.05, 0.1) is 11.4 Å². The van der Waals surface area contributed by atoms with E-state index in [1.54, 1.807) is 0 Å². The van der Waals surface area contributed by atoms with Gasteiger partial charge in [0.2, 0.25) is 0 Å². The molecule has 4 heteroatoms. The lowest BCUT2D eigenvalue weighted by Gasteiger charge is -2.16. The van der Waals surface area contributed by atoms with Crippen LogP contribution in [-0.2, 0) is 0 Å². The molecule has 1 atom stereocenters. The molecule has 0 aliphatic carbocycles. The number of aromatic nitrogens is 2. The van der Waals surface area contributed by atoms with Crippen LogP contribution in [0.5, 0.6) is 5.75 Å². The third-order valence-corrected chi connectivity index (χ3v) is 3.80. The number of nitrogens with zero attached hydrogens (tertiary/aromatic N) is 1. The molecule has 0 fully saturated rings. The second kappa shape index (κ2) is 6.57. The second-order valence-corrected chi connectivity index (χ2v) is 5.66. The molecule has 1 unspecified atom stereocenters. The van der Waals surface area contributed by atoms with E-state index in [1.807, 2.05) is 54.6 Å². The lowest BCUT2D eigenvalue weighted by Crippen LogP contribution is -2.06. The Balaban J connectivity index is 1.81. The van der Waals surface area contributed by atoms with Crippen molar-refractivity contribution in [3.05, 3.63) is 65.9 Å². The maximum atomic E-state index is 6.08. The Morgan fingerprint density at radius 1 is 1.13 bits per heavy atom. The van der Waals surface area contributed by atoms with Crippen molar-refractivity contribution in [1.29, 1.82) is 0 Å². The van der Waals surface area contributed by atoms with Crippen LogP contribution >= 0.6 is 0 Å². The number of nitrogens with one attached hydrogen (secondary N) is 1. The zero-order valence-corrected chi connectivity index (χ0v) is 13.4. The number of nitrogen functional groups attached to an aromatic ring is 1. The summed E-state index contributed by atoms with van der Waals surface area (Å²) >= 11 is 0. The highest BCUT2D eigenvalue weighted by Gasteiger charge is 2.15. The third-order valence-electron chi connectivity index (χ3n) is 3.80. The number of benzene rings is 2. The number of aromatic amines is 1. The van der Waals surface area contributed by atoms with Crippen LogP contribution in [-0.4, -0.2) is 10.2 Å². The van der Waals surface area contributed by atoms with Crippen LogP contribution in [0.25, 0.3) is 11.3 Å². The lowest BCUT2D eigenvalue weighted by molar-refractivity contribution is 0.196. The summed E-state index contributed by atoms with van der Waals surface area (Å²) in [5, 5.41) is 7.48. The first-order chi connectivity index (χ1) is 11.2. The molecule has 0 amide bonds. The molecule has 0 radical (unpaired) electrons. The van der Waals surface area contributed by atoms with E-state index in [0.29, 0.717) is 0 Å². The van der Waals surface area contributed by atoms with Crippen molar-refractivity contribution in [2.75, 3.05) is 5.73 Å². The van der Waals surface area contributed by atoms with Crippen LogP contribution in [0.2, 0.25) is 0 Å². The number of anilines is 1. The summed E-state index contributed by atoms with van der Waals surface area (Å²) in [7, 11) is 0. The van der Waals surface area contributed by atoms with Crippen molar-refractivity contribution < 1.29 is 4.74 Å². The summed E-state index contributed by atoms with van der Waals surface area (Å²) in [6.45, 7) is 4.16. The number of hydrogen-bond donors (Lipinski definition) is 2. The number of ether oxygens (including phenoxy) is 1. The minimum absolute atomic E-state index is 0.0555. The zero-order chi connectivity index (χ0) is 16.2. The van der Waals surface area contributed by atoms with E-state index in [4.69, 9.17) is 10.5 Å². The molecule has 3 rings (SSSR count). The van der Waals surface area contributed by atoms with Gasteiger partial charge < -0.3 is 10.5 Å². The van der Waals surface area contributed by atoms with Gasteiger partial charge in [-0.15, -0.1) is 0 Å². The number of hydrogen-bond acceptors (Lipinski definition) is 3. The van der Waals surface area contributed by atoms with Crippen molar-refractivity contribution >= 4 is 5.69 Å². The highest BCUT2D eigenvalue weighted by atomic mass is 16.5. The molecule has 4 nitrogen and oxygen atoms in total. The van der Waals surface area contributed by atoms with Crippen molar-refractivity contribution in [3.63, 3.8) is 0 Å². The van der Waals surface area contributed by atoms with Gasteiger partial charge in [0.15, 0.2) is 0 Å². The van der Waals surface area contributed by atoms with E-state index in [1.165, 1.54) is 5.56 Å². The fourth-order valence-electron chi connectivity index (χ4n) is 2.50. The molecule has 0 spiro atoms. The lowest BCUT2D eigenvalue weighted by atomic mass is 10.1. The van der Waals surface area contributed by atoms with Gasteiger partial charge >= 0.3 is 0 Å². The zero-order valence-electron chi connectivity index (χ0n) is 13.4. The molecule has 118 valence electrons. The van der Waals surface area contributed by atoms with Gasteiger partial charge in [-0.3, -0.25) is 5.10 Å². The van der Waals surface area contributed by atoms with Gasteiger partial charge in [0.25, 0.3) is 0 Å². The fourth-order valence-corrected chi connectivity index (χ4v) is 2.50. The van der Waals surface area contributed by atoms with E-state index in [-0.39, 0.29) is 6.10 Å². The van der Waals surface area contributed by atoms with Gasteiger partial charge in [-0.25, -0.2) is 0 Å². The van der Waals surface area contributed by atoms with E-state index in [2.05, 4.69) is 24.0 Å². The number of rotatable bonds is 5. The molecule has 23 heavy (non-hydrogen) atoms. The molecule has 3 N–H and O–H groups in total. The Morgan fingerprint density at radius 2 is 1.91 bits per heavy atom. The average Bonchev–Trinajstić information content (AvgIpc) is 3.04. The summed E-state index contributed by atoms with van der Waals surface area (Å²) in [5.74, 6) is 0.863. The molecule has 2 aromatic carbocycles. The molecular formula is C19H21N3O. The predicted octanol–water partition coefficient (Wildman–Crippen LogP) is 4.50. The van der Waals surface area contributed by atoms with E-state index < -0.39 is 0 Å². The predicted molar refractivity (Wildman–Crippen MR) is 93.3 cm³/mol. The van der Waals surface area contributed by atoms with Gasteiger partial charge in [0, 0.05) is 11.3 Å². The molecule has 0 saturated carbocycles. The average molecular weight is 307 g/mol. The van der Waals surface area contributed by atoms with Crippen LogP contribution < -0.4 is 10.5 Å². The summed E-state index contributed by atoms with van der Waals surface area (Å²) in [6, 6.07) is 17.8.